The van der Waals surface area contributed by atoms with Gasteiger partial charge >= 0.3 is 5.97 Å². The zero-order valence-electron chi connectivity index (χ0n) is 12.4. The van der Waals surface area contributed by atoms with Crippen LogP contribution in [-0.4, -0.2) is 11.1 Å². The zero-order chi connectivity index (χ0) is 15.8. The van der Waals surface area contributed by atoms with Crippen LogP contribution in [0.2, 0.25) is 0 Å². The Balaban J connectivity index is 1.82. The minimum Gasteiger partial charge on any atom is -0.478 e. The van der Waals surface area contributed by atoms with Crippen LogP contribution in [0.3, 0.4) is 0 Å². The van der Waals surface area contributed by atoms with Crippen molar-refractivity contribution >= 4 is 11.5 Å². The van der Waals surface area contributed by atoms with Gasteiger partial charge in [-0.05, 0) is 30.2 Å². The van der Waals surface area contributed by atoms with Gasteiger partial charge in [0.05, 0.1) is 11.1 Å². The Morgan fingerprint density at radius 2 is 1.78 bits per heavy atom. The molecule has 2 aromatic rings. The Labute approximate surface area is 133 Å². The summed E-state index contributed by atoms with van der Waals surface area (Å²) in [4.78, 5) is 16.4. The van der Waals surface area contributed by atoms with Gasteiger partial charge in [-0.3, -0.25) is 0 Å². The highest BCUT2D eigenvalue weighted by atomic mass is 16.4. The summed E-state index contributed by atoms with van der Waals surface area (Å²) < 4.78 is 0. The van der Waals surface area contributed by atoms with E-state index in [0.29, 0.717) is 12.0 Å². The van der Waals surface area contributed by atoms with Gasteiger partial charge in [-0.25, -0.2) is 9.79 Å². The van der Waals surface area contributed by atoms with Crippen molar-refractivity contribution in [2.75, 3.05) is 0 Å². The second-order valence-electron chi connectivity index (χ2n) is 5.80. The highest BCUT2D eigenvalue weighted by Gasteiger charge is 2.27. The van der Waals surface area contributed by atoms with Gasteiger partial charge in [-0.2, -0.15) is 0 Å². The average molecular weight is 301 g/mol. The number of aliphatic carboxylic acids is 1. The second-order valence-corrected chi connectivity index (χ2v) is 5.80. The molecule has 2 aromatic carbocycles. The molecule has 3 heteroatoms. The van der Waals surface area contributed by atoms with Crippen LogP contribution >= 0.6 is 0 Å². The largest absolute Gasteiger partial charge is 0.478 e. The first-order chi connectivity index (χ1) is 11.2. The fraction of sp³-hybridized carbons (Fsp3) is 0.100. The van der Waals surface area contributed by atoms with Crippen LogP contribution in [0.1, 0.15) is 5.56 Å². The van der Waals surface area contributed by atoms with Gasteiger partial charge in [-0.1, -0.05) is 48.5 Å². The van der Waals surface area contributed by atoms with Crippen molar-refractivity contribution < 1.29 is 9.90 Å². The first kappa shape index (κ1) is 13.7. The number of allylic oxidation sites excluding steroid dienone is 2. The van der Waals surface area contributed by atoms with E-state index in [0.717, 1.165) is 27.4 Å². The molecule has 0 saturated heterocycles. The van der Waals surface area contributed by atoms with E-state index in [9.17, 15) is 9.90 Å². The Bertz CT molecular complexity index is 968. The topological polar surface area (TPSA) is 49.7 Å². The predicted octanol–water partition coefficient (Wildman–Crippen LogP) is 2.24. The molecule has 1 aliphatic heterocycles. The number of rotatable bonds is 3. The Morgan fingerprint density at radius 1 is 1.04 bits per heavy atom. The van der Waals surface area contributed by atoms with E-state index in [4.69, 9.17) is 0 Å². The van der Waals surface area contributed by atoms with Crippen LogP contribution in [-0.2, 0) is 11.2 Å². The lowest BCUT2D eigenvalue weighted by Gasteiger charge is -2.19. The van der Waals surface area contributed by atoms with Gasteiger partial charge in [0, 0.05) is 22.3 Å². The van der Waals surface area contributed by atoms with E-state index in [1.807, 2.05) is 60.7 Å². The third kappa shape index (κ3) is 2.40. The molecule has 112 valence electrons. The molecule has 2 aliphatic rings. The molecular weight excluding hydrogens is 286 g/mol. The standard InChI is InChI=1S/C20H15NO2/c22-20(23)16-12-17-15-8-4-5-9-18(15)21-19(17)11-14(16)10-13-6-2-1-3-7-13/h1-9,11-12,14H,10H2,(H,22,23). The number of hydrogen-bond acceptors (Lipinski definition) is 2. The quantitative estimate of drug-likeness (QED) is 0.945. The summed E-state index contributed by atoms with van der Waals surface area (Å²) in [5, 5.41) is 11.5. The summed E-state index contributed by atoms with van der Waals surface area (Å²) in [6.07, 6.45) is 4.45. The van der Waals surface area contributed by atoms with Gasteiger partial charge in [0.2, 0.25) is 0 Å². The third-order valence-corrected chi connectivity index (χ3v) is 4.31. The monoisotopic (exact) mass is 301 g/mol. The van der Waals surface area contributed by atoms with Crippen LogP contribution in [0.15, 0.2) is 83.0 Å². The van der Waals surface area contributed by atoms with E-state index in [-0.39, 0.29) is 5.92 Å². The number of nitrogens with zero attached hydrogens (tertiary/aromatic N) is 1. The maximum atomic E-state index is 11.7. The summed E-state index contributed by atoms with van der Waals surface area (Å²) in [6, 6.07) is 17.8. The number of hydrogen-bond donors (Lipinski definition) is 1. The van der Waals surface area contributed by atoms with Crippen LogP contribution in [0.5, 0.6) is 0 Å². The van der Waals surface area contributed by atoms with Crippen molar-refractivity contribution in [2.24, 2.45) is 10.9 Å². The molecule has 1 atom stereocenters. The molecule has 1 N–H and O–H groups in total. The lowest BCUT2D eigenvalue weighted by Crippen LogP contribution is -2.23. The fourth-order valence-electron chi connectivity index (χ4n) is 3.21. The molecule has 0 spiro atoms. The number of fused-ring (bicyclic) bond motifs is 2. The van der Waals surface area contributed by atoms with E-state index in [2.05, 4.69) is 4.99 Å². The Hall–Kier alpha value is -2.94. The molecule has 23 heavy (non-hydrogen) atoms. The highest BCUT2D eigenvalue weighted by Crippen LogP contribution is 2.31. The van der Waals surface area contributed by atoms with Gasteiger partial charge in [-0.15, -0.1) is 0 Å². The number of carbonyl (C=O) groups is 1. The van der Waals surface area contributed by atoms with Crippen molar-refractivity contribution in [3.63, 3.8) is 0 Å². The maximum absolute atomic E-state index is 11.7. The molecule has 1 heterocycles. The summed E-state index contributed by atoms with van der Waals surface area (Å²) in [5.41, 5.74) is 3.36. The SMILES string of the molecule is O=C(O)C1=CC2=c3ccccc3=NC2=CC1Cc1ccccc1. The van der Waals surface area contributed by atoms with Crippen molar-refractivity contribution in [3.05, 3.63) is 94.2 Å². The molecule has 3 nitrogen and oxygen atoms in total. The summed E-state index contributed by atoms with van der Waals surface area (Å²) in [5.74, 6) is -1.02. The molecule has 0 bridgehead atoms. The lowest BCUT2D eigenvalue weighted by molar-refractivity contribution is -0.133. The normalized spacial score (nSPS) is 18.4. The molecule has 0 aromatic heterocycles. The molecule has 0 amide bonds. The third-order valence-electron chi connectivity index (χ3n) is 4.31. The van der Waals surface area contributed by atoms with Crippen LogP contribution in [0.4, 0.5) is 0 Å². The van der Waals surface area contributed by atoms with Crippen molar-refractivity contribution in [1.29, 1.82) is 0 Å². The molecule has 1 aliphatic carbocycles. The maximum Gasteiger partial charge on any atom is 0.332 e. The van der Waals surface area contributed by atoms with Gasteiger partial charge in [0.25, 0.3) is 0 Å². The van der Waals surface area contributed by atoms with Crippen LogP contribution < -0.4 is 10.6 Å². The van der Waals surface area contributed by atoms with Crippen molar-refractivity contribution in [1.82, 2.24) is 0 Å². The zero-order valence-corrected chi connectivity index (χ0v) is 12.4. The summed E-state index contributed by atoms with van der Waals surface area (Å²) in [7, 11) is 0. The Kier molecular flexibility index (Phi) is 3.19. The average Bonchev–Trinajstić information content (AvgIpc) is 2.92. The number of para-hydroxylation sites is 1. The molecular formula is C20H15NO2. The molecule has 0 fully saturated rings. The summed E-state index contributed by atoms with van der Waals surface area (Å²) >= 11 is 0. The van der Waals surface area contributed by atoms with E-state index >= 15 is 0 Å². The first-order valence-corrected chi connectivity index (χ1v) is 7.61. The van der Waals surface area contributed by atoms with E-state index in [1.54, 1.807) is 6.08 Å². The van der Waals surface area contributed by atoms with Gasteiger partial charge in [0.1, 0.15) is 0 Å². The van der Waals surface area contributed by atoms with Crippen molar-refractivity contribution in [3.8, 4) is 0 Å². The smallest absolute Gasteiger partial charge is 0.332 e. The predicted molar refractivity (Wildman–Crippen MR) is 88.1 cm³/mol. The van der Waals surface area contributed by atoms with E-state index < -0.39 is 5.97 Å². The minimum atomic E-state index is -0.863. The Morgan fingerprint density at radius 3 is 2.57 bits per heavy atom. The van der Waals surface area contributed by atoms with Gasteiger partial charge in [0.15, 0.2) is 0 Å². The molecule has 0 saturated carbocycles. The van der Waals surface area contributed by atoms with Crippen molar-refractivity contribution in [2.45, 2.75) is 6.42 Å². The molecule has 1 unspecified atom stereocenters. The molecule has 0 radical (unpaired) electrons. The first-order valence-electron chi connectivity index (χ1n) is 7.61. The van der Waals surface area contributed by atoms with Crippen LogP contribution in [0.25, 0.3) is 5.57 Å². The summed E-state index contributed by atoms with van der Waals surface area (Å²) in [6.45, 7) is 0. The number of benzene rings is 2. The highest BCUT2D eigenvalue weighted by molar-refractivity contribution is 5.94. The lowest BCUT2D eigenvalue weighted by atomic mass is 9.85. The molecule has 4 rings (SSSR count). The van der Waals surface area contributed by atoms with Gasteiger partial charge < -0.3 is 5.11 Å². The van der Waals surface area contributed by atoms with Crippen LogP contribution in [0, 0.1) is 5.92 Å². The fourth-order valence-corrected chi connectivity index (χ4v) is 3.21. The minimum absolute atomic E-state index is 0.160. The number of carboxylic acid groups (broad SMARTS) is 1. The van der Waals surface area contributed by atoms with E-state index in [1.165, 1.54) is 0 Å². The number of carboxylic acids is 1. The second kappa shape index (κ2) is 5.36.